The van der Waals surface area contributed by atoms with Crippen LogP contribution in [0.25, 0.3) is 0 Å². The van der Waals surface area contributed by atoms with E-state index in [0.29, 0.717) is 16.9 Å². The van der Waals surface area contributed by atoms with E-state index < -0.39 is 15.9 Å². The zero-order valence-corrected chi connectivity index (χ0v) is 16.0. The van der Waals surface area contributed by atoms with Crippen LogP contribution in [0.5, 0.6) is 0 Å². The lowest BCUT2D eigenvalue weighted by Crippen LogP contribution is -2.22. The molecule has 2 N–H and O–H groups in total. The molecule has 0 aliphatic heterocycles. The van der Waals surface area contributed by atoms with Crippen LogP contribution in [0.2, 0.25) is 0 Å². The Labute approximate surface area is 163 Å². The Morgan fingerprint density at radius 1 is 0.893 bits per heavy atom. The van der Waals surface area contributed by atoms with Crippen molar-refractivity contribution in [2.24, 2.45) is 0 Å². The van der Waals surface area contributed by atoms with Crippen LogP contribution in [0.3, 0.4) is 0 Å². The van der Waals surface area contributed by atoms with Gasteiger partial charge in [-0.2, -0.15) is 5.10 Å². The molecule has 28 heavy (non-hydrogen) atoms. The summed E-state index contributed by atoms with van der Waals surface area (Å²) >= 11 is 0. The fourth-order valence-corrected chi connectivity index (χ4v) is 3.97. The number of aromatic nitrogens is 3. The average Bonchev–Trinajstić information content (AvgIpc) is 2.65. The first-order chi connectivity index (χ1) is 13.4. The van der Waals surface area contributed by atoms with Gasteiger partial charge in [0.1, 0.15) is 0 Å². The maximum Gasteiger partial charge on any atom is 0.326 e. The number of para-hydroxylation sites is 1. The number of hydrogen-bond acceptors (Lipinski definition) is 6. The van der Waals surface area contributed by atoms with Gasteiger partial charge in [-0.15, -0.1) is 5.10 Å². The van der Waals surface area contributed by atoms with Crippen LogP contribution in [0.1, 0.15) is 17.0 Å². The highest BCUT2D eigenvalue weighted by molar-refractivity contribution is 7.89. The molecule has 0 atom stereocenters. The Hall–Kier alpha value is -3.33. The standard InChI is InChI=1S/C19H19N5O3S/c1-14-17(13-28(26,27)12-15-8-4-2-5-9-15)21-18(24-23-14)22-19(25)20-16-10-6-3-7-11-16/h2-11H,12-13H2,1H3,(H2,20,21,22,24,25). The minimum Gasteiger partial charge on any atom is -0.308 e. The molecule has 0 aliphatic rings. The highest BCUT2D eigenvalue weighted by Crippen LogP contribution is 2.14. The lowest BCUT2D eigenvalue weighted by molar-refractivity contribution is 0.262. The Balaban J connectivity index is 1.69. The molecule has 1 aromatic heterocycles. The molecule has 1 heterocycles. The number of hydrogen-bond donors (Lipinski definition) is 2. The van der Waals surface area contributed by atoms with E-state index in [9.17, 15) is 13.2 Å². The van der Waals surface area contributed by atoms with Crippen LogP contribution in [0.15, 0.2) is 60.7 Å². The molecule has 3 rings (SSSR count). The second kappa shape index (κ2) is 8.57. The average molecular weight is 397 g/mol. The predicted octanol–water partition coefficient (Wildman–Crippen LogP) is 2.94. The van der Waals surface area contributed by atoms with Crippen molar-refractivity contribution in [3.8, 4) is 0 Å². The van der Waals surface area contributed by atoms with Gasteiger partial charge in [-0.25, -0.2) is 18.2 Å². The van der Waals surface area contributed by atoms with Crippen LogP contribution in [-0.4, -0.2) is 29.6 Å². The lowest BCUT2D eigenvalue weighted by Gasteiger charge is -2.09. The van der Waals surface area contributed by atoms with Crippen LogP contribution in [0, 0.1) is 6.92 Å². The minimum atomic E-state index is -3.46. The largest absolute Gasteiger partial charge is 0.326 e. The van der Waals surface area contributed by atoms with E-state index in [4.69, 9.17) is 0 Å². The van der Waals surface area contributed by atoms with Gasteiger partial charge in [0.15, 0.2) is 9.84 Å². The van der Waals surface area contributed by atoms with Gasteiger partial charge in [-0.3, -0.25) is 5.32 Å². The topological polar surface area (TPSA) is 114 Å². The van der Waals surface area contributed by atoms with Crippen LogP contribution < -0.4 is 10.6 Å². The second-order valence-electron chi connectivity index (χ2n) is 6.13. The molecule has 9 heteroatoms. The smallest absolute Gasteiger partial charge is 0.308 e. The van der Waals surface area contributed by atoms with Crippen molar-refractivity contribution in [1.82, 2.24) is 15.2 Å². The number of anilines is 2. The van der Waals surface area contributed by atoms with E-state index in [1.165, 1.54) is 0 Å². The van der Waals surface area contributed by atoms with Crippen molar-refractivity contribution in [2.45, 2.75) is 18.4 Å². The van der Waals surface area contributed by atoms with Crippen LogP contribution in [-0.2, 0) is 21.3 Å². The molecule has 0 saturated heterocycles. The SMILES string of the molecule is Cc1nnc(NC(=O)Nc2ccccc2)nc1CS(=O)(=O)Cc1ccccc1. The third kappa shape index (κ3) is 5.58. The number of sulfone groups is 1. The Bertz CT molecular complexity index is 1060. The van der Waals surface area contributed by atoms with Gasteiger partial charge in [0.2, 0.25) is 0 Å². The van der Waals surface area contributed by atoms with Gasteiger partial charge in [0.25, 0.3) is 5.95 Å². The molecule has 0 saturated carbocycles. The first-order valence-corrected chi connectivity index (χ1v) is 10.3. The second-order valence-corrected chi connectivity index (χ2v) is 8.19. The number of carbonyl (C=O) groups is 1. The number of aryl methyl sites for hydroxylation is 1. The Morgan fingerprint density at radius 2 is 1.54 bits per heavy atom. The molecular formula is C19H19N5O3S. The van der Waals surface area contributed by atoms with Gasteiger partial charge >= 0.3 is 6.03 Å². The van der Waals surface area contributed by atoms with Gasteiger partial charge in [0.05, 0.1) is 22.9 Å². The molecule has 3 aromatic rings. The van der Waals surface area contributed by atoms with Crippen molar-refractivity contribution < 1.29 is 13.2 Å². The first kappa shape index (κ1) is 19.4. The summed E-state index contributed by atoms with van der Waals surface area (Å²) in [6, 6.07) is 17.2. The van der Waals surface area contributed by atoms with Crippen molar-refractivity contribution in [3.05, 3.63) is 77.6 Å². The van der Waals surface area contributed by atoms with E-state index >= 15 is 0 Å². The molecule has 2 aromatic carbocycles. The number of urea groups is 1. The zero-order valence-electron chi connectivity index (χ0n) is 15.2. The Kier molecular flexibility index (Phi) is 5.95. The zero-order chi connectivity index (χ0) is 20.0. The van der Waals surface area contributed by atoms with E-state index in [2.05, 4.69) is 25.8 Å². The van der Waals surface area contributed by atoms with Gasteiger partial charge in [-0.1, -0.05) is 48.5 Å². The summed E-state index contributed by atoms with van der Waals surface area (Å²) < 4.78 is 25.0. The predicted molar refractivity (Wildman–Crippen MR) is 106 cm³/mol. The summed E-state index contributed by atoms with van der Waals surface area (Å²) in [5, 5.41) is 12.8. The summed E-state index contributed by atoms with van der Waals surface area (Å²) in [5.74, 6) is -0.462. The number of carbonyl (C=O) groups excluding carboxylic acids is 1. The molecule has 144 valence electrons. The minimum absolute atomic E-state index is 0.0658. The summed E-state index contributed by atoms with van der Waals surface area (Å²) in [5.41, 5.74) is 1.94. The van der Waals surface area contributed by atoms with E-state index in [-0.39, 0.29) is 23.1 Å². The normalized spacial score (nSPS) is 11.0. The summed E-state index contributed by atoms with van der Waals surface area (Å²) in [6.07, 6.45) is 0. The fraction of sp³-hybridized carbons (Fsp3) is 0.158. The van der Waals surface area contributed by atoms with E-state index in [1.54, 1.807) is 55.5 Å². The molecule has 0 aliphatic carbocycles. The molecular weight excluding hydrogens is 378 g/mol. The maximum absolute atomic E-state index is 12.5. The monoisotopic (exact) mass is 397 g/mol. The highest BCUT2D eigenvalue weighted by atomic mass is 32.2. The van der Waals surface area contributed by atoms with Crippen molar-refractivity contribution in [1.29, 1.82) is 0 Å². The number of rotatable bonds is 6. The number of amides is 2. The lowest BCUT2D eigenvalue weighted by atomic mass is 10.2. The van der Waals surface area contributed by atoms with Crippen LogP contribution >= 0.6 is 0 Å². The molecule has 0 spiro atoms. The number of nitrogens with one attached hydrogen (secondary N) is 2. The quantitative estimate of drug-likeness (QED) is 0.661. The fourth-order valence-electron chi connectivity index (χ4n) is 2.47. The highest BCUT2D eigenvalue weighted by Gasteiger charge is 2.18. The summed E-state index contributed by atoms with van der Waals surface area (Å²) in [6.45, 7) is 1.63. The van der Waals surface area contributed by atoms with Crippen molar-refractivity contribution >= 4 is 27.5 Å². The summed E-state index contributed by atoms with van der Waals surface area (Å²) in [4.78, 5) is 16.2. The van der Waals surface area contributed by atoms with Gasteiger partial charge < -0.3 is 5.32 Å². The number of nitrogens with zero attached hydrogens (tertiary/aromatic N) is 3. The van der Waals surface area contributed by atoms with E-state index in [1.807, 2.05) is 12.1 Å². The molecule has 0 radical (unpaired) electrons. The molecule has 2 amide bonds. The molecule has 0 bridgehead atoms. The van der Waals surface area contributed by atoms with E-state index in [0.717, 1.165) is 0 Å². The van der Waals surface area contributed by atoms with Gasteiger partial charge in [0, 0.05) is 5.69 Å². The molecule has 0 fully saturated rings. The third-order valence-corrected chi connectivity index (χ3v) is 5.28. The third-order valence-electron chi connectivity index (χ3n) is 3.80. The maximum atomic E-state index is 12.5. The first-order valence-electron chi connectivity index (χ1n) is 8.49. The van der Waals surface area contributed by atoms with Crippen molar-refractivity contribution in [3.63, 3.8) is 0 Å². The van der Waals surface area contributed by atoms with Crippen LogP contribution in [0.4, 0.5) is 16.4 Å². The van der Waals surface area contributed by atoms with Crippen molar-refractivity contribution in [2.75, 3.05) is 10.6 Å². The summed E-state index contributed by atoms with van der Waals surface area (Å²) in [7, 11) is -3.46. The molecule has 0 unspecified atom stereocenters. The molecule has 8 nitrogen and oxygen atoms in total. The van der Waals surface area contributed by atoms with Gasteiger partial charge in [-0.05, 0) is 24.6 Å². The number of benzene rings is 2. The Morgan fingerprint density at radius 3 is 2.21 bits per heavy atom.